The zero-order valence-corrected chi connectivity index (χ0v) is 13.4. The lowest BCUT2D eigenvalue weighted by Crippen LogP contribution is -2.44. The van der Waals surface area contributed by atoms with E-state index in [1.807, 2.05) is 0 Å². The zero-order valence-electron chi connectivity index (χ0n) is 13.4. The van der Waals surface area contributed by atoms with Gasteiger partial charge in [-0.2, -0.15) is 18.3 Å². The maximum atomic E-state index is 13.0. The quantitative estimate of drug-likeness (QED) is 0.864. The van der Waals surface area contributed by atoms with E-state index in [9.17, 15) is 22.8 Å². The van der Waals surface area contributed by atoms with Crippen molar-refractivity contribution in [3.8, 4) is 5.69 Å². The molecular weight excluding hydrogens is 339 g/mol. The third kappa shape index (κ3) is 4.17. The summed E-state index contributed by atoms with van der Waals surface area (Å²) in [6.07, 6.45) is -3.59. The van der Waals surface area contributed by atoms with Crippen molar-refractivity contribution in [2.24, 2.45) is 5.92 Å². The van der Waals surface area contributed by atoms with E-state index in [4.69, 9.17) is 5.11 Å². The second-order valence-electron chi connectivity index (χ2n) is 5.71. The van der Waals surface area contributed by atoms with Crippen molar-refractivity contribution in [2.45, 2.75) is 26.1 Å². The minimum atomic E-state index is -4.60. The number of hydrogen-bond acceptors (Lipinski definition) is 3. The van der Waals surface area contributed by atoms with E-state index in [-0.39, 0.29) is 17.2 Å². The van der Waals surface area contributed by atoms with Gasteiger partial charge in [-0.3, -0.25) is 4.79 Å². The number of aromatic nitrogens is 2. The van der Waals surface area contributed by atoms with Crippen LogP contribution in [0.15, 0.2) is 36.5 Å². The molecule has 6 nitrogen and oxygen atoms in total. The first-order chi connectivity index (χ1) is 11.6. The maximum absolute atomic E-state index is 13.0. The minimum absolute atomic E-state index is 0.0352. The molecule has 0 fully saturated rings. The van der Waals surface area contributed by atoms with Crippen LogP contribution in [-0.2, 0) is 11.0 Å². The van der Waals surface area contributed by atoms with Gasteiger partial charge in [-0.1, -0.05) is 19.9 Å². The van der Waals surface area contributed by atoms with Crippen LogP contribution in [0.4, 0.5) is 13.2 Å². The predicted molar refractivity (Wildman–Crippen MR) is 82.3 cm³/mol. The molecule has 0 spiro atoms. The largest absolute Gasteiger partial charge is 0.480 e. The number of nitrogens with one attached hydrogen (secondary N) is 1. The zero-order chi connectivity index (χ0) is 18.8. The summed E-state index contributed by atoms with van der Waals surface area (Å²) in [5.41, 5.74) is -0.898. The molecule has 25 heavy (non-hydrogen) atoms. The van der Waals surface area contributed by atoms with E-state index in [1.54, 1.807) is 13.8 Å². The Morgan fingerprint density at radius 2 is 1.92 bits per heavy atom. The van der Waals surface area contributed by atoms with Crippen molar-refractivity contribution >= 4 is 11.9 Å². The Bertz CT molecular complexity index is 784. The number of benzene rings is 1. The molecule has 9 heteroatoms. The van der Waals surface area contributed by atoms with Crippen LogP contribution in [0.3, 0.4) is 0 Å². The third-order valence-electron chi connectivity index (χ3n) is 3.51. The Hall–Kier alpha value is -2.84. The number of hydrogen-bond donors (Lipinski definition) is 2. The van der Waals surface area contributed by atoms with Crippen molar-refractivity contribution in [2.75, 3.05) is 0 Å². The Morgan fingerprint density at radius 1 is 1.24 bits per heavy atom. The first kappa shape index (κ1) is 18.5. The fraction of sp³-hybridized carbons (Fsp3) is 0.312. The Morgan fingerprint density at radius 3 is 2.48 bits per heavy atom. The highest BCUT2D eigenvalue weighted by Crippen LogP contribution is 2.30. The summed E-state index contributed by atoms with van der Waals surface area (Å²) < 4.78 is 39.6. The highest BCUT2D eigenvalue weighted by atomic mass is 19.4. The molecule has 0 aliphatic rings. The number of carboxylic acid groups (broad SMARTS) is 1. The molecule has 2 N–H and O–H groups in total. The topological polar surface area (TPSA) is 84.2 Å². The van der Waals surface area contributed by atoms with Gasteiger partial charge in [0.15, 0.2) is 0 Å². The van der Waals surface area contributed by atoms with Crippen LogP contribution >= 0.6 is 0 Å². The van der Waals surface area contributed by atoms with E-state index in [2.05, 4.69) is 10.4 Å². The van der Waals surface area contributed by atoms with Crippen molar-refractivity contribution in [1.82, 2.24) is 15.1 Å². The molecule has 0 radical (unpaired) electrons. The lowest BCUT2D eigenvalue weighted by molar-refractivity contribution is -0.143. The maximum Gasteiger partial charge on any atom is 0.433 e. The van der Waals surface area contributed by atoms with E-state index >= 15 is 0 Å². The number of alkyl halides is 3. The van der Waals surface area contributed by atoms with Crippen molar-refractivity contribution in [1.29, 1.82) is 0 Å². The molecule has 0 saturated carbocycles. The lowest BCUT2D eigenvalue weighted by Gasteiger charge is -2.18. The molecule has 1 aromatic carbocycles. The molecule has 0 aliphatic carbocycles. The summed E-state index contributed by atoms with van der Waals surface area (Å²) in [7, 11) is 0. The van der Waals surface area contributed by atoms with Crippen LogP contribution in [0.25, 0.3) is 5.69 Å². The van der Waals surface area contributed by atoms with E-state index in [1.165, 1.54) is 24.3 Å². The van der Waals surface area contributed by atoms with Crippen molar-refractivity contribution in [3.05, 3.63) is 47.8 Å². The van der Waals surface area contributed by atoms with Crippen molar-refractivity contribution in [3.63, 3.8) is 0 Å². The summed E-state index contributed by atoms with van der Waals surface area (Å²) in [6.45, 7) is 3.27. The molecule has 0 unspecified atom stereocenters. The number of carboxylic acids is 1. The molecule has 1 amide bonds. The van der Waals surface area contributed by atoms with Gasteiger partial charge in [-0.15, -0.1) is 0 Å². The number of aliphatic carboxylic acids is 1. The van der Waals surface area contributed by atoms with Gasteiger partial charge >= 0.3 is 12.1 Å². The second-order valence-corrected chi connectivity index (χ2v) is 5.71. The molecule has 2 aromatic rings. The molecule has 0 saturated heterocycles. The van der Waals surface area contributed by atoms with Gasteiger partial charge < -0.3 is 10.4 Å². The third-order valence-corrected chi connectivity index (χ3v) is 3.51. The normalized spacial score (nSPS) is 12.9. The standard InChI is InChI=1S/C16H16F3N3O3/c1-9(2)13(15(24)25)21-14(23)10-4-3-5-11(8-10)22-12(6-7-20-22)16(17,18)19/h3-9,13H,1-2H3,(H,21,23)(H,24,25)/t13-/m0/s1. The lowest BCUT2D eigenvalue weighted by atomic mass is 10.0. The fourth-order valence-corrected chi connectivity index (χ4v) is 2.24. The number of rotatable bonds is 5. The summed E-state index contributed by atoms with van der Waals surface area (Å²) in [4.78, 5) is 23.4. The molecule has 2 rings (SSSR count). The van der Waals surface area contributed by atoms with Crippen LogP contribution in [0.1, 0.15) is 29.9 Å². The first-order valence-electron chi connectivity index (χ1n) is 7.36. The van der Waals surface area contributed by atoms with Gasteiger partial charge in [-0.05, 0) is 30.2 Å². The molecule has 1 atom stereocenters. The highest BCUT2D eigenvalue weighted by molar-refractivity contribution is 5.97. The SMILES string of the molecule is CC(C)[C@H](NC(=O)c1cccc(-n2nccc2C(F)(F)F)c1)C(=O)O. The van der Waals surface area contributed by atoms with Crippen LogP contribution in [0.2, 0.25) is 0 Å². The Balaban J connectivity index is 2.32. The Labute approximate surface area is 141 Å². The van der Waals surface area contributed by atoms with Crippen molar-refractivity contribution < 1.29 is 27.9 Å². The van der Waals surface area contributed by atoms with Crippen LogP contribution in [-0.4, -0.2) is 32.8 Å². The average molecular weight is 355 g/mol. The highest BCUT2D eigenvalue weighted by Gasteiger charge is 2.35. The molecule has 0 bridgehead atoms. The minimum Gasteiger partial charge on any atom is -0.480 e. The molecular formula is C16H16F3N3O3. The molecule has 0 aliphatic heterocycles. The monoisotopic (exact) mass is 355 g/mol. The predicted octanol–water partition coefficient (Wildman–Crippen LogP) is 2.73. The van der Waals surface area contributed by atoms with Crippen LogP contribution in [0, 0.1) is 5.92 Å². The summed E-state index contributed by atoms with van der Waals surface area (Å²) in [6, 6.07) is 5.09. The summed E-state index contributed by atoms with van der Waals surface area (Å²) in [5.74, 6) is -2.23. The average Bonchev–Trinajstić information content (AvgIpc) is 3.01. The number of carbonyl (C=O) groups is 2. The van der Waals surface area contributed by atoms with E-state index < -0.39 is 29.8 Å². The van der Waals surface area contributed by atoms with Gasteiger partial charge in [0.1, 0.15) is 11.7 Å². The van der Waals surface area contributed by atoms with Gasteiger partial charge in [0.25, 0.3) is 5.91 Å². The second kappa shape index (κ2) is 6.96. The van der Waals surface area contributed by atoms with Gasteiger partial charge in [0, 0.05) is 5.56 Å². The smallest absolute Gasteiger partial charge is 0.433 e. The van der Waals surface area contributed by atoms with Gasteiger partial charge in [-0.25, -0.2) is 9.48 Å². The number of carbonyl (C=O) groups excluding carboxylic acids is 1. The van der Waals surface area contributed by atoms with Gasteiger partial charge in [0.05, 0.1) is 11.9 Å². The first-order valence-corrected chi connectivity index (χ1v) is 7.36. The molecule has 1 aromatic heterocycles. The molecule has 134 valence electrons. The van der Waals surface area contributed by atoms with Gasteiger partial charge in [0.2, 0.25) is 0 Å². The Kier molecular flexibility index (Phi) is 5.15. The fourth-order valence-electron chi connectivity index (χ4n) is 2.24. The van der Waals surface area contributed by atoms with Crippen LogP contribution in [0.5, 0.6) is 0 Å². The van der Waals surface area contributed by atoms with E-state index in [0.717, 1.165) is 12.3 Å². The van der Waals surface area contributed by atoms with E-state index in [0.29, 0.717) is 4.68 Å². The summed E-state index contributed by atoms with van der Waals surface area (Å²) >= 11 is 0. The van der Waals surface area contributed by atoms with Crippen LogP contribution < -0.4 is 5.32 Å². The molecule has 1 heterocycles. The summed E-state index contributed by atoms with van der Waals surface area (Å²) in [5, 5.41) is 15.1. The number of amides is 1. The number of halogens is 3. The number of nitrogens with zero attached hydrogens (tertiary/aromatic N) is 2.